The highest BCUT2D eigenvalue weighted by Crippen LogP contribution is 2.19. The Hall–Kier alpha value is -2.83. The number of amides is 1. The summed E-state index contributed by atoms with van der Waals surface area (Å²) in [4.78, 5) is 16.9. The van der Waals surface area contributed by atoms with Crippen molar-refractivity contribution >= 4 is 17.5 Å². The molecule has 1 aliphatic rings. The first kappa shape index (κ1) is 15.7. The van der Waals surface area contributed by atoms with Gasteiger partial charge in [0.1, 0.15) is 11.5 Å². The predicted octanol–water partition coefficient (Wildman–Crippen LogP) is 2.29. The Balaban J connectivity index is 1.52. The summed E-state index contributed by atoms with van der Waals surface area (Å²) in [6.45, 7) is 6.68. The van der Waals surface area contributed by atoms with Gasteiger partial charge in [-0.1, -0.05) is 6.07 Å². The van der Waals surface area contributed by atoms with Crippen LogP contribution in [0.25, 0.3) is 5.65 Å². The number of hydrogen-bond acceptors (Lipinski definition) is 5. The Morgan fingerprint density at radius 1 is 1.12 bits per heavy atom. The second-order valence-electron chi connectivity index (χ2n) is 6.39. The van der Waals surface area contributed by atoms with Crippen LogP contribution in [0.2, 0.25) is 0 Å². The number of rotatable bonds is 2. The highest BCUT2D eigenvalue weighted by atomic mass is 16.3. The molecule has 3 aromatic heterocycles. The molecule has 0 spiro atoms. The van der Waals surface area contributed by atoms with E-state index in [0.717, 1.165) is 43.4 Å². The van der Waals surface area contributed by atoms with Crippen molar-refractivity contribution in [3.63, 3.8) is 0 Å². The van der Waals surface area contributed by atoms with Crippen LogP contribution >= 0.6 is 0 Å². The summed E-state index contributed by atoms with van der Waals surface area (Å²) in [7, 11) is 0. The van der Waals surface area contributed by atoms with Gasteiger partial charge in [-0.2, -0.15) is 0 Å². The number of fused-ring (bicyclic) bond motifs is 1. The maximum absolute atomic E-state index is 12.8. The van der Waals surface area contributed by atoms with Gasteiger partial charge in [-0.3, -0.25) is 9.20 Å². The van der Waals surface area contributed by atoms with Crippen LogP contribution < -0.4 is 4.90 Å². The highest BCUT2D eigenvalue weighted by molar-refractivity contribution is 5.95. The highest BCUT2D eigenvalue weighted by Gasteiger charge is 2.24. The molecule has 7 heteroatoms. The number of carbonyl (C=O) groups is 1. The van der Waals surface area contributed by atoms with E-state index in [-0.39, 0.29) is 5.91 Å². The number of pyridine rings is 1. The third-order valence-corrected chi connectivity index (χ3v) is 4.63. The van der Waals surface area contributed by atoms with Crippen LogP contribution in [-0.4, -0.2) is 51.6 Å². The number of carbonyl (C=O) groups excluding carboxylic acids is 1. The Morgan fingerprint density at radius 3 is 2.80 bits per heavy atom. The largest absolute Gasteiger partial charge is 0.466 e. The van der Waals surface area contributed by atoms with Crippen molar-refractivity contribution < 1.29 is 9.21 Å². The van der Waals surface area contributed by atoms with Gasteiger partial charge in [0.2, 0.25) is 5.95 Å². The SMILES string of the molecule is Cc1cc(C(=O)N2CCCN(c3nnc4ccccn34)CC2)c(C)o1. The lowest BCUT2D eigenvalue weighted by Gasteiger charge is -2.21. The molecule has 25 heavy (non-hydrogen) atoms. The van der Waals surface area contributed by atoms with Gasteiger partial charge in [0.15, 0.2) is 5.65 Å². The van der Waals surface area contributed by atoms with Gasteiger partial charge in [-0.25, -0.2) is 0 Å². The topological polar surface area (TPSA) is 66.9 Å². The minimum absolute atomic E-state index is 0.0438. The third-order valence-electron chi connectivity index (χ3n) is 4.63. The zero-order chi connectivity index (χ0) is 17.4. The molecule has 0 radical (unpaired) electrons. The molecule has 0 aliphatic carbocycles. The molecule has 1 saturated heterocycles. The molecule has 1 aliphatic heterocycles. The van der Waals surface area contributed by atoms with Crippen molar-refractivity contribution in [1.29, 1.82) is 0 Å². The predicted molar refractivity (Wildman–Crippen MR) is 93.9 cm³/mol. The third kappa shape index (κ3) is 2.86. The summed E-state index contributed by atoms with van der Waals surface area (Å²) in [5.41, 5.74) is 1.50. The fourth-order valence-electron chi connectivity index (χ4n) is 3.38. The molecule has 1 amide bonds. The van der Waals surface area contributed by atoms with Crippen LogP contribution in [-0.2, 0) is 0 Å². The molecule has 0 unspecified atom stereocenters. The summed E-state index contributed by atoms with van der Waals surface area (Å²) in [6, 6.07) is 7.68. The zero-order valence-corrected chi connectivity index (χ0v) is 14.5. The van der Waals surface area contributed by atoms with E-state index in [2.05, 4.69) is 15.1 Å². The number of anilines is 1. The van der Waals surface area contributed by atoms with E-state index >= 15 is 0 Å². The van der Waals surface area contributed by atoms with Gasteiger partial charge >= 0.3 is 0 Å². The monoisotopic (exact) mass is 339 g/mol. The van der Waals surface area contributed by atoms with Crippen molar-refractivity contribution in [2.24, 2.45) is 0 Å². The van der Waals surface area contributed by atoms with Gasteiger partial charge in [-0.15, -0.1) is 10.2 Å². The van der Waals surface area contributed by atoms with Crippen molar-refractivity contribution in [3.8, 4) is 0 Å². The minimum Gasteiger partial charge on any atom is -0.466 e. The first-order chi connectivity index (χ1) is 12.1. The maximum Gasteiger partial charge on any atom is 0.257 e. The number of hydrogen-bond donors (Lipinski definition) is 0. The minimum atomic E-state index is 0.0438. The van der Waals surface area contributed by atoms with Crippen LogP contribution in [0.4, 0.5) is 5.95 Å². The van der Waals surface area contributed by atoms with Crippen molar-refractivity contribution in [3.05, 3.63) is 47.5 Å². The summed E-state index contributed by atoms with van der Waals surface area (Å²) in [5, 5.41) is 8.55. The number of aromatic nitrogens is 3. The van der Waals surface area contributed by atoms with Crippen LogP contribution in [0.3, 0.4) is 0 Å². The van der Waals surface area contributed by atoms with E-state index in [9.17, 15) is 4.79 Å². The number of furan rings is 1. The maximum atomic E-state index is 12.8. The lowest BCUT2D eigenvalue weighted by Crippen LogP contribution is -2.35. The quantitative estimate of drug-likeness (QED) is 0.717. The molecule has 130 valence electrons. The zero-order valence-electron chi connectivity index (χ0n) is 14.5. The molecule has 7 nitrogen and oxygen atoms in total. The van der Waals surface area contributed by atoms with E-state index in [1.807, 2.05) is 53.6 Å². The van der Waals surface area contributed by atoms with Crippen molar-refractivity contribution in [1.82, 2.24) is 19.5 Å². The van der Waals surface area contributed by atoms with Gasteiger partial charge in [0.05, 0.1) is 5.56 Å². The molecule has 4 heterocycles. The molecule has 0 N–H and O–H groups in total. The fourth-order valence-corrected chi connectivity index (χ4v) is 3.38. The Labute approximate surface area is 145 Å². The first-order valence-corrected chi connectivity index (χ1v) is 8.54. The first-order valence-electron chi connectivity index (χ1n) is 8.54. The summed E-state index contributed by atoms with van der Waals surface area (Å²) >= 11 is 0. The van der Waals surface area contributed by atoms with E-state index in [1.54, 1.807) is 0 Å². The van der Waals surface area contributed by atoms with Gasteiger partial charge in [0, 0.05) is 32.4 Å². The standard InChI is InChI=1S/C18H21N5O2/c1-13-12-15(14(2)25-13)17(24)21-7-5-8-22(11-10-21)18-20-19-16-6-3-4-9-23(16)18/h3-4,6,9,12H,5,7-8,10-11H2,1-2H3. The molecular weight excluding hydrogens is 318 g/mol. The molecule has 0 bridgehead atoms. The molecule has 0 atom stereocenters. The van der Waals surface area contributed by atoms with Crippen LogP contribution in [0.5, 0.6) is 0 Å². The van der Waals surface area contributed by atoms with E-state index in [1.165, 1.54) is 0 Å². The molecular formula is C18H21N5O2. The normalized spacial score (nSPS) is 15.6. The Morgan fingerprint density at radius 2 is 2.00 bits per heavy atom. The second-order valence-corrected chi connectivity index (χ2v) is 6.39. The van der Waals surface area contributed by atoms with Crippen molar-refractivity contribution in [2.75, 3.05) is 31.1 Å². The average Bonchev–Trinajstić information content (AvgIpc) is 3.08. The summed E-state index contributed by atoms with van der Waals surface area (Å²) in [5.74, 6) is 2.34. The lowest BCUT2D eigenvalue weighted by molar-refractivity contribution is 0.0765. The Bertz CT molecular complexity index is 913. The molecule has 0 saturated carbocycles. The van der Waals surface area contributed by atoms with Crippen molar-refractivity contribution in [2.45, 2.75) is 20.3 Å². The van der Waals surface area contributed by atoms with Gasteiger partial charge in [-0.05, 0) is 38.5 Å². The number of aryl methyl sites for hydroxylation is 2. The van der Waals surface area contributed by atoms with E-state index in [4.69, 9.17) is 4.42 Å². The molecule has 0 aromatic carbocycles. The van der Waals surface area contributed by atoms with E-state index < -0.39 is 0 Å². The molecule has 3 aromatic rings. The summed E-state index contributed by atoms with van der Waals surface area (Å²) in [6.07, 6.45) is 2.86. The summed E-state index contributed by atoms with van der Waals surface area (Å²) < 4.78 is 7.49. The van der Waals surface area contributed by atoms with Gasteiger partial charge in [0.25, 0.3) is 5.91 Å². The lowest BCUT2D eigenvalue weighted by atomic mass is 10.2. The van der Waals surface area contributed by atoms with Gasteiger partial charge < -0.3 is 14.2 Å². The smallest absolute Gasteiger partial charge is 0.257 e. The molecule has 4 rings (SSSR count). The van der Waals surface area contributed by atoms with E-state index in [0.29, 0.717) is 17.9 Å². The van der Waals surface area contributed by atoms with Crippen LogP contribution in [0, 0.1) is 13.8 Å². The van der Waals surface area contributed by atoms with Crippen LogP contribution in [0.1, 0.15) is 28.3 Å². The number of nitrogens with zero attached hydrogens (tertiary/aromatic N) is 5. The Kier molecular flexibility index (Phi) is 3.91. The average molecular weight is 339 g/mol. The van der Waals surface area contributed by atoms with Crippen LogP contribution in [0.15, 0.2) is 34.9 Å². The fraction of sp³-hybridized carbons (Fsp3) is 0.389. The second kappa shape index (κ2) is 6.23. The molecule has 1 fully saturated rings.